The van der Waals surface area contributed by atoms with Crippen LogP contribution in [0.1, 0.15) is 24.6 Å². The molecule has 2 aromatic heterocycles. The van der Waals surface area contributed by atoms with Gasteiger partial charge in [-0.1, -0.05) is 5.21 Å². The first-order chi connectivity index (χ1) is 7.97. The van der Waals surface area contributed by atoms with Crippen LogP contribution in [0, 0.1) is 0 Å². The topological polar surface area (TPSA) is 92.3 Å². The second-order valence-corrected chi connectivity index (χ2v) is 3.81. The standard InChI is InChI=1S/C6H6F3N7S/c1-2(3-12-15-16-13-3)10-5-11-4(14-17-5)6(7,8)9/h2H,1H3,(H,10,11,14)(H,12,13,15,16). The predicted molar refractivity (Wildman–Crippen MR) is 51.1 cm³/mol. The fourth-order valence-corrected chi connectivity index (χ4v) is 1.67. The minimum absolute atomic E-state index is 0.0506. The van der Waals surface area contributed by atoms with Crippen LogP contribution in [0.15, 0.2) is 0 Å². The van der Waals surface area contributed by atoms with Gasteiger partial charge in [-0.2, -0.15) is 27.7 Å². The van der Waals surface area contributed by atoms with Crippen LogP contribution in [-0.4, -0.2) is 30.0 Å². The highest BCUT2D eigenvalue weighted by Crippen LogP contribution is 2.29. The maximum absolute atomic E-state index is 12.2. The van der Waals surface area contributed by atoms with Gasteiger partial charge in [0.05, 0.1) is 6.04 Å². The average molecular weight is 265 g/mol. The van der Waals surface area contributed by atoms with Crippen molar-refractivity contribution in [3.63, 3.8) is 0 Å². The molecule has 17 heavy (non-hydrogen) atoms. The van der Waals surface area contributed by atoms with Gasteiger partial charge in [0.15, 0.2) is 5.82 Å². The van der Waals surface area contributed by atoms with Gasteiger partial charge in [0.25, 0.3) is 0 Å². The Morgan fingerprint density at radius 1 is 1.41 bits per heavy atom. The second kappa shape index (κ2) is 4.24. The zero-order valence-electron chi connectivity index (χ0n) is 8.36. The van der Waals surface area contributed by atoms with Gasteiger partial charge < -0.3 is 5.32 Å². The third-order valence-electron chi connectivity index (χ3n) is 1.77. The zero-order chi connectivity index (χ0) is 12.5. The molecule has 2 heterocycles. The Hall–Kier alpha value is -1.78. The summed E-state index contributed by atoms with van der Waals surface area (Å²) < 4.78 is 39.9. The third-order valence-corrected chi connectivity index (χ3v) is 2.41. The van der Waals surface area contributed by atoms with Gasteiger partial charge in [-0.15, -0.1) is 10.2 Å². The van der Waals surface area contributed by atoms with Crippen LogP contribution in [-0.2, 0) is 6.18 Å². The SMILES string of the molecule is CC(Nc1nc(C(F)(F)F)ns1)c1nn[nH]n1. The fourth-order valence-electron chi connectivity index (χ4n) is 1.000. The molecule has 0 aromatic carbocycles. The van der Waals surface area contributed by atoms with Crippen LogP contribution >= 0.6 is 11.5 Å². The van der Waals surface area contributed by atoms with Gasteiger partial charge in [0, 0.05) is 11.5 Å². The lowest BCUT2D eigenvalue weighted by Gasteiger charge is -2.06. The van der Waals surface area contributed by atoms with Crippen LogP contribution < -0.4 is 5.32 Å². The van der Waals surface area contributed by atoms with Crippen molar-refractivity contribution in [3.05, 3.63) is 11.6 Å². The highest BCUT2D eigenvalue weighted by molar-refractivity contribution is 7.09. The Kier molecular flexibility index (Phi) is 2.92. The molecule has 7 nitrogen and oxygen atoms in total. The van der Waals surface area contributed by atoms with E-state index in [-0.39, 0.29) is 5.13 Å². The summed E-state index contributed by atoms with van der Waals surface area (Å²) in [5, 5.41) is 15.7. The van der Waals surface area contributed by atoms with E-state index in [4.69, 9.17) is 0 Å². The molecule has 0 aliphatic heterocycles. The highest BCUT2D eigenvalue weighted by atomic mass is 32.1. The Morgan fingerprint density at radius 3 is 2.71 bits per heavy atom. The summed E-state index contributed by atoms with van der Waals surface area (Å²) in [5.74, 6) is -0.834. The highest BCUT2D eigenvalue weighted by Gasteiger charge is 2.36. The number of aromatic amines is 1. The number of aromatic nitrogens is 6. The minimum Gasteiger partial charge on any atom is -0.350 e. The number of rotatable bonds is 3. The van der Waals surface area contributed by atoms with E-state index in [0.29, 0.717) is 17.4 Å². The van der Waals surface area contributed by atoms with Gasteiger partial charge in [-0.25, -0.2) is 0 Å². The Morgan fingerprint density at radius 2 is 2.18 bits per heavy atom. The van der Waals surface area contributed by atoms with E-state index < -0.39 is 18.0 Å². The summed E-state index contributed by atoms with van der Waals surface area (Å²) in [5.41, 5.74) is 0. The maximum atomic E-state index is 12.2. The molecule has 0 radical (unpaired) electrons. The number of tetrazole rings is 1. The molecular formula is C6H6F3N7S. The van der Waals surface area contributed by atoms with Gasteiger partial charge in [-0.3, -0.25) is 0 Å². The maximum Gasteiger partial charge on any atom is 0.452 e. The molecule has 2 aromatic rings. The quantitative estimate of drug-likeness (QED) is 0.867. The second-order valence-electron chi connectivity index (χ2n) is 3.06. The van der Waals surface area contributed by atoms with Crippen LogP contribution in [0.4, 0.5) is 18.3 Å². The van der Waals surface area contributed by atoms with Gasteiger partial charge >= 0.3 is 6.18 Å². The van der Waals surface area contributed by atoms with E-state index >= 15 is 0 Å². The molecular weight excluding hydrogens is 259 g/mol. The van der Waals surface area contributed by atoms with E-state index in [2.05, 4.69) is 35.3 Å². The van der Waals surface area contributed by atoms with Gasteiger partial charge in [0.2, 0.25) is 11.0 Å². The molecule has 0 amide bonds. The van der Waals surface area contributed by atoms with Gasteiger partial charge in [0.1, 0.15) is 0 Å². The zero-order valence-corrected chi connectivity index (χ0v) is 9.17. The van der Waals surface area contributed by atoms with Crippen molar-refractivity contribution in [3.8, 4) is 0 Å². The van der Waals surface area contributed by atoms with Crippen molar-refractivity contribution in [2.24, 2.45) is 0 Å². The lowest BCUT2D eigenvalue weighted by Crippen LogP contribution is -2.10. The summed E-state index contributed by atoms with van der Waals surface area (Å²) in [7, 11) is 0. The molecule has 0 fully saturated rings. The monoisotopic (exact) mass is 265 g/mol. The number of hydrogen-bond donors (Lipinski definition) is 2. The van der Waals surface area contributed by atoms with Crippen molar-refractivity contribution >= 4 is 16.7 Å². The first kappa shape index (κ1) is 11.7. The Balaban J connectivity index is 2.07. The first-order valence-electron chi connectivity index (χ1n) is 4.37. The Bertz CT molecular complexity index is 478. The molecule has 0 saturated carbocycles. The number of nitrogens with zero attached hydrogens (tertiary/aromatic N) is 5. The molecule has 92 valence electrons. The normalized spacial score (nSPS) is 13.6. The molecule has 1 atom stereocenters. The number of hydrogen-bond acceptors (Lipinski definition) is 7. The number of anilines is 1. The van der Waals surface area contributed by atoms with E-state index in [1.807, 2.05) is 0 Å². The van der Waals surface area contributed by atoms with Crippen LogP contribution in [0.3, 0.4) is 0 Å². The lowest BCUT2D eigenvalue weighted by molar-refractivity contribution is -0.144. The first-order valence-corrected chi connectivity index (χ1v) is 5.15. The van der Waals surface area contributed by atoms with Crippen molar-refractivity contribution in [1.82, 2.24) is 30.0 Å². The summed E-state index contributed by atoms with van der Waals surface area (Å²) in [6.07, 6.45) is -4.54. The van der Waals surface area contributed by atoms with Gasteiger partial charge in [-0.05, 0) is 6.92 Å². The molecule has 0 bridgehead atoms. The smallest absolute Gasteiger partial charge is 0.350 e. The summed E-state index contributed by atoms with van der Waals surface area (Å²) >= 11 is 0.624. The number of nitrogens with one attached hydrogen (secondary N) is 2. The minimum atomic E-state index is -4.54. The molecule has 0 spiro atoms. The predicted octanol–water partition coefficient (Wildman–Crippen LogP) is 1.24. The van der Waals surface area contributed by atoms with Crippen LogP contribution in [0.25, 0.3) is 0 Å². The van der Waals surface area contributed by atoms with Crippen molar-refractivity contribution < 1.29 is 13.2 Å². The Labute approximate surface area is 96.6 Å². The fraction of sp³-hybridized carbons (Fsp3) is 0.500. The molecule has 11 heteroatoms. The molecule has 2 N–H and O–H groups in total. The van der Waals surface area contributed by atoms with E-state index in [9.17, 15) is 13.2 Å². The molecule has 0 saturated heterocycles. The van der Waals surface area contributed by atoms with Crippen molar-refractivity contribution in [2.45, 2.75) is 19.1 Å². The van der Waals surface area contributed by atoms with E-state index in [0.717, 1.165) is 0 Å². The summed E-state index contributed by atoms with van der Waals surface area (Å²) in [4.78, 5) is 3.32. The third kappa shape index (κ3) is 2.67. The summed E-state index contributed by atoms with van der Waals surface area (Å²) in [6.45, 7) is 1.67. The molecule has 2 rings (SSSR count). The molecule has 0 aliphatic rings. The lowest BCUT2D eigenvalue weighted by atomic mass is 10.3. The largest absolute Gasteiger partial charge is 0.452 e. The van der Waals surface area contributed by atoms with Crippen LogP contribution in [0.2, 0.25) is 0 Å². The number of halogens is 3. The number of alkyl halides is 3. The van der Waals surface area contributed by atoms with E-state index in [1.165, 1.54) is 0 Å². The molecule has 0 aliphatic carbocycles. The number of H-pyrrole nitrogens is 1. The summed E-state index contributed by atoms with van der Waals surface area (Å²) in [6, 6.07) is -0.414. The average Bonchev–Trinajstić information content (AvgIpc) is 2.85. The van der Waals surface area contributed by atoms with Crippen molar-refractivity contribution in [2.75, 3.05) is 5.32 Å². The van der Waals surface area contributed by atoms with Crippen LogP contribution in [0.5, 0.6) is 0 Å². The van der Waals surface area contributed by atoms with E-state index in [1.54, 1.807) is 6.92 Å². The van der Waals surface area contributed by atoms with Crippen molar-refractivity contribution in [1.29, 1.82) is 0 Å². The molecule has 1 unspecified atom stereocenters.